The molecule has 3 rings (SSSR count). The lowest BCUT2D eigenvalue weighted by Gasteiger charge is -2.26. The molecule has 1 aliphatic heterocycles. The standard InChI is InChI=1S/C20H27FN4O2.HI/c21-18-4-1-3-17(15-18)16-24-20(22-7-6-19-5-2-12-27-19)23-8-9-25-10-13-26-14-11-25;/h1-5,12,15H,6-11,13-14,16H2,(H2,22,23,24);1H. The maximum atomic E-state index is 13.4. The van der Waals surface area contributed by atoms with Gasteiger partial charge >= 0.3 is 0 Å². The van der Waals surface area contributed by atoms with E-state index in [2.05, 4.69) is 20.5 Å². The number of morpholine rings is 1. The minimum absolute atomic E-state index is 0. The number of guanidine groups is 1. The molecular weight excluding hydrogens is 474 g/mol. The van der Waals surface area contributed by atoms with Crippen LogP contribution in [0.2, 0.25) is 0 Å². The molecule has 0 radical (unpaired) electrons. The van der Waals surface area contributed by atoms with E-state index in [0.717, 1.165) is 63.1 Å². The average Bonchev–Trinajstić information content (AvgIpc) is 3.20. The van der Waals surface area contributed by atoms with E-state index in [-0.39, 0.29) is 29.8 Å². The summed E-state index contributed by atoms with van der Waals surface area (Å²) in [4.78, 5) is 6.96. The Morgan fingerprint density at radius 2 is 1.93 bits per heavy atom. The molecule has 1 fully saturated rings. The second kappa shape index (κ2) is 12.7. The van der Waals surface area contributed by atoms with E-state index >= 15 is 0 Å². The Hall–Kier alpha value is -1.65. The highest BCUT2D eigenvalue weighted by Gasteiger charge is 2.10. The molecule has 2 N–H and O–H groups in total. The SMILES string of the molecule is Fc1cccc(CN=C(NCCc2ccco2)NCCN2CCOCC2)c1.I. The molecule has 0 aliphatic carbocycles. The smallest absolute Gasteiger partial charge is 0.191 e. The number of ether oxygens (including phenoxy) is 1. The second-order valence-electron chi connectivity index (χ2n) is 6.43. The van der Waals surface area contributed by atoms with Crippen molar-refractivity contribution in [1.82, 2.24) is 15.5 Å². The third-order valence-electron chi connectivity index (χ3n) is 4.38. The van der Waals surface area contributed by atoms with Crippen molar-refractivity contribution in [2.24, 2.45) is 4.99 Å². The van der Waals surface area contributed by atoms with E-state index < -0.39 is 0 Å². The summed E-state index contributed by atoms with van der Waals surface area (Å²) in [6.07, 6.45) is 2.45. The average molecular weight is 502 g/mol. The normalized spacial score (nSPS) is 15.1. The number of hydrogen-bond donors (Lipinski definition) is 2. The fourth-order valence-electron chi connectivity index (χ4n) is 2.90. The zero-order chi connectivity index (χ0) is 18.7. The van der Waals surface area contributed by atoms with Gasteiger partial charge in [-0.15, -0.1) is 24.0 Å². The van der Waals surface area contributed by atoms with E-state index in [9.17, 15) is 4.39 Å². The van der Waals surface area contributed by atoms with Crippen LogP contribution in [0.15, 0.2) is 52.1 Å². The van der Waals surface area contributed by atoms with Crippen LogP contribution in [-0.2, 0) is 17.7 Å². The molecule has 0 atom stereocenters. The van der Waals surface area contributed by atoms with Gasteiger partial charge in [0.05, 0.1) is 26.0 Å². The first-order chi connectivity index (χ1) is 13.3. The third kappa shape index (κ3) is 8.15. The number of benzene rings is 1. The number of nitrogens with zero attached hydrogens (tertiary/aromatic N) is 2. The quantitative estimate of drug-likeness (QED) is 0.330. The van der Waals surface area contributed by atoms with Gasteiger partial charge in [0.25, 0.3) is 0 Å². The van der Waals surface area contributed by atoms with E-state index in [0.29, 0.717) is 13.1 Å². The largest absolute Gasteiger partial charge is 0.469 e. The maximum absolute atomic E-state index is 13.4. The van der Waals surface area contributed by atoms with Crippen molar-refractivity contribution in [1.29, 1.82) is 0 Å². The van der Waals surface area contributed by atoms with Crippen molar-refractivity contribution in [3.63, 3.8) is 0 Å². The third-order valence-corrected chi connectivity index (χ3v) is 4.38. The zero-order valence-electron chi connectivity index (χ0n) is 15.9. The Morgan fingerprint density at radius 3 is 2.68 bits per heavy atom. The molecule has 28 heavy (non-hydrogen) atoms. The van der Waals surface area contributed by atoms with Gasteiger partial charge < -0.3 is 19.8 Å². The molecule has 154 valence electrons. The van der Waals surface area contributed by atoms with Crippen LogP contribution < -0.4 is 10.6 Å². The molecule has 2 heterocycles. The Bertz CT molecular complexity index is 706. The minimum atomic E-state index is -0.240. The summed E-state index contributed by atoms with van der Waals surface area (Å²) in [5.41, 5.74) is 0.843. The zero-order valence-corrected chi connectivity index (χ0v) is 18.2. The van der Waals surface area contributed by atoms with Gasteiger partial charge in [-0.2, -0.15) is 0 Å². The van der Waals surface area contributed by atoms with Gasteiger partial charge in [0.1, 0.15) is 11.6 Å². The first-order valence-electron chi connectivity index (χ1n) is 9.39. The van der Waals surface area contributed by atoms with Crippen LogP contribution >= 0.6 is 24.0 Å². The summed E-state index contributed by atoms with van der Waals surface area (Å²) in [5.74, 6) is 1.41. The molecule has 1 aliphatic rings. The summed E-state index contributed by atoms with van der Waals surface area (Å²) < 4.78 is 24.1. The Labute approximate surface area is 182 Å². The summed E-state index contributed by atoms with van der Waals surface area (Å²) in [6.45, 7) is 6.36. The number of furan rings is 1. The molecule has 0 bridgehead atoms. The molecule has 1 aromatic carbocycles. The van der Waals surface area contributed by atoms with Crippen molar-refractivity contribution in [3.8, 4) is 0 Å². The highest BCUT2D eigenvalue weighted by Crippen LogP contribution is 2.05. The van der Waals surface area contributed by atoms with Gasteiger partial charge in [-0.3, -0.25) is 4.90 Å². The van der Waals surface area contributed by atoms with Gasteiger partial charge in [-0.25, -0.2) is 9.38 Å². The van der Waals surface area contributed by atoms with E-state index in [4.69, 9.17) is 9.15 Å². The number of rotatable bonds is 8. The molecule has 0 saturated carbocycles. The van der Waals surface area contributed by atoms with Crippen LogP contribution in [-0.4, -0.2) is 56.8 Å². The van der Waals surface area contributed by atoms with Gasteiger partial charge in [0.2, 0.25) is 0 Å². The highest BCUT2D eigenvalue weighted by atomic mass is 127. The van der Waals surface area contributed by atoms with Crippen molar-refractivity contribution >= 4 is 29.9 Å². The minimum Gasteiger partial charge on any atom is -0.469 e. The van der Waals surface area contributed by atoms with Gasteiger partial charge in [0, 0.05) is 39.1 Å². The fraction of sp³-hybridized carbons (Fsp3) is 0.450. The predicted octanol–water partition coefficient (Wildman–Crippen LogP) is 2.65. The lowest BCUT2D eigenvalue weighted by Crippen LogP contribution is -2.44. The molecular formula is C20H28FIN4O2. The van der Waals surface area contributed by atoms with Crippen molar-refractivity contribution in [2.75, 3.05) is 45.9 Å². The first kappa shape index (κ1) is 22.6. The van der Waals surface area contributed by atoms with E-state index in [1.165, 1.54) is 12.1 Å². The molecule has 6 nitrogen and oxygen atoms in total. The molecule has 1 aromatic heterocycles. The van der Waals surface area contributed by atoms with Gasteiger partial charge in [0.15, 0.2) is 5.96 Å². The van der Waals surface area contributed by atoms with Gasteiger partial charge in [-0.05, 0) is 29.8 Å². The fourth-order valence-corrected chi connectivity index (χ4v) is 2.90. The number of aliphatic imine (C=N–C) groups is 1. The number of hydrogen-bond acceptors (Lipinski definition) is 4. The Kier molecular flexibility index (Phi) is 10.3. The lowest BCUT2D eigenvalue weighted by atomic mass is 10.2. The van der Waals surface area contributed by atoms with Crippen molar-refractivity contribution < 1.29 is 13.5 Å². The number of nitrogens with one attached hydrogen (secondary N) is 2. The van der Waals surface area contributed by atoms with Crippen LogP contribution in [0.4, 0.5) is 4.39 Å². The lowest BCUT2D eigenvalue weighted by molar-refractivity contribution is 0.0389. The molecule has 1 saturated heterocycles. The van der Waals surface area contributed by atoms with Crippen LogP contribution in [0.25, 0.3) is 0 Å². The van der Waals surface area contributed by atoms with E-state index in [1.807, 2.05) is 18.2 Å². The molecule has 8 heteroatoms. The molecule has 0 unspecified atom stereocenters. The van der Waals surface area contributed by atoms with E-state index in [1.54, 1.807) is 12.3 Å². The first-order valence-corrected chi connectivity index (χ1v) is 9.39. The maximum Gasteiger partial charge on any atom is 0.191 e. The molecule has 0 spiro atoms. The molecule has 0 amide bonds. The summed E-state index contributed by atoms with van der Waals surface area (Å²) >= 11 is 0. The van der Waals surface area contributed by atoms with Crippen LogP contribution in [0.3, 0.4) is 0 Å². The van der Waals surface area contributed by atoms with Crippen LogP contribution in [0, 0.1) is 5.82 Å². The monoisotopic (exact) mass is 502 g/mol. The topological polar surface area (TPSA) is 62.0 Å². The van der Waals surface area contributed by atoms with Crippen LogP contribution in [0.5, 0.6) is 0 Å². The van der Waals surface area contributed by atoms with Crippen molar-refractivity contribution in [3.05, 3.63) is 59.8 Å². The summed E-state index contributed by atoms with van der Waals surface area (Å²) in [6, 6.07) is 10.4. The summed E-state index contributed by atoms with van der Waals surface area (Å²) in [7, 11) is 0. The van der Waals surface area contributed by atoms with Crippen molar-refractivity contribution in [2.45, 2.75) is 13.0 Å². The highest BCUT2D eigenvalue weighted by molar-refractivity contribution is 14.0. The Balaban J connectivity index is 0.00000280. The Morgan fingerprint density at radius 1 is 1.11 bits per heavy atom. The summed E-state index contributed by atoms with van der Waals surface area (Å²) in [5, 5.41) is 6.69. The number of halogens is 2. The predicted molar refractivity (Wildman–Crippen MR) is 119 cm³/mol. The van der Waals surface area contributed by atoms with Crippen LogP contribution in [0.1, 0.15) is 11.3 Å². The molecule has 2 aromatic rings. The second-order valence-corrected chi connectivity index (χ2v) is 6.43. The van der Waals surface area contributed by atoms with Gasteiger partial charge in [-0.1, -0.05) is 12.1 Å².